The minimum absolute atomic E-state index is 0.216. The van der Waals surface area contributed by atoms with Gasteiger partial charge in [0.15, 0.2) is 0 Å². The Morgan fingerprint density at radius 2 is 1.95 bits per heavy atom. The van der Waals surface area contributed by atoms with Gasteiger partial charge >= 0.3 is 0 Å². The molecule has 202 valence electrons. The number of carbonyl (C=O) groups is 1. The zero-order chi connectivity index (χ0) is 27.4. The Bertz CT molecular complexity index is 1350. The van der Waals surface area contributed by atoms with Gasteiger partial charge in [0, 0.05) is 57.4 Å². The molecule has 3 aromatic rings. The molecule has 1 aromatic heterocycles. The fraction of sp³-hybridized carbons (Fsp3) is 0.400. The molecule has 5 rings (SSSR count). The lowest BCUT2D eigenvalue weighted by molar-refractivity contribution is -0.133. The molecule has 0 aliphatic carbocycles. The van der Waals surface area contributed by atoms with Gasteiger partial charge in [0.1, 0.15) is 30.4 Å². The van der Waals surface area contributed by atoms with E-state index in [1.54, 1.807) is 30.3 Å². The minimum atomic E-state index is -0.509. The molecule has 2 saturated heterocycles. The molecule has 0 radical (unpaired) electrons. The quantitative estimate of drug-likeness (QED) is 0.452. The van der Waals surface area contributed by atoms with E-state index in [0.717, 1.165) is 29.9 Å². The number of rotatable bonds is 9. The summed E-state index contributed by atoms with van der Waals surface area (Å²) in [7, 11) is 1.76. The Labute approximate surface area is 228 Å². The Kier molecular flexibility index (Phi) is 8.17. The first kappa shape index (κ1) is 26.8. The molecule has 39 heavy (non-hydrogen) atoms. The third kappa shape index (κ3) is 6.09. The number of nitrogens with zero attached hydrogens (tertiary/aromatic N) is 5. The van der Waals surface area contributed by atoms with Crippen LogP contribution in [0.1, 0.15) is 41.9 Å². The predicted molar refractivity (Wildman–Crippen MR) is 145 cm³/mol. The number of benzene rings is 2. The second-order valence-electron chi connectivity index (χ2n) is 10.1. The number of nitriles is 1. The van der Waals surface area contributed by atoms with Crippen molar-refractivity contribution in [2.45, 2.75) is 38.0 Å². The Morgan fingerprint density at radius 1 is 1.15 bits per heavy atom. The molecule has 1 amide bonds. The third-order valence-corrected chi connectivity index (χ3v) is 7.61. The lowest BCUT2D eigenvalue weighted by Gasteiger charge is -2.42. The van der Waals surface area contributed by atoms with Crippen LogP contribution >= 0.6 is 0 Å². The summed E-state index contributed by atoms with van der Waals surface area (Å²) >= 11 is 0. The molecular weight excluding hydrogens is 494 g/mol. The maximum atomic E-state index is 11.7. The Morgan fingerprint density at radius 3 is 2.67 bits per heavy atom. The molecule has 0 bridgehead atoms. The van der Waals surface area contributed by atoms with Gasteiger partial charge in [-0.05, 0) is 42.3 Å². The van der Waals surface area contributed by atoms with Crippen LogP contribution in [0.25, 0.3) is 11.3 Å². The van der Waals surface area contributed by atoms with Crippen molar-refractivity contribution in [3.63, 3.8) is 0 Å². The number of hydrogen-bond acceptors (Lipinski definition) is 8. The van der Waals surface area contributed by atoms with Crippen molar-refractivity contribution < 1.29 is 19.4 Å². The summed E-state index contributed by atoms with van der Waals surface area (Å²) in [4.78, 5) is 24.9. The van der Waals surface area contributed by atoms with Gasteiger partial charge in [-0.25, -0.2) is 9.97 Å². The van der Waals surface area contributed by atoms with E-state index in [2.05, 4.69) is 47.1 Å². The molecule has 1 unspecified atom stereocenters. The van der Waals surface area contributed by atoms with Gasteiger partial charge in [0.2, 0.25) is 5.91 Å². The molecule has 1 N–H and O–H groups in total. The average molecular weight is 528 g/mol. The van der Waals surface area contributed by atoms with Crippen LogP contribution in [0.2, 0.25) is 0 Å². The standard InChI is InChI=1S/C30H33N5O4/c1-20(35-17-26(18-35)38-2)22-5-3-21(4-6-22)13-29-32-11-9-27(33-29)23-7-8-28(24(14-23)15-31)39-25-10-12-34(16-25)30(37)19-36/h3-9,11,14,20,25-26,36H,10,12-13,16-19H2,1-2H3/t20?,25-/m1/s1. The normalized spacial score (nSPS) is 18.4. The van der Waals surface area contributed by atoms with E-state index >= 15 is 0 Å². The number of methoxy groups -OCH3 is 1. The molecule has 2 fully saturated rings. The molecule has 0 saturated carbocycles. The highest BCUT2D eigenvalue weighted by Crippen LogP contribution is 2.29. The van der Waals surface area contributed by atoms with Crippen LogP contribution < -0.4 is 4.74 Å². The maximum absolute atomic E-state index is 11.7. The van der Waals surface area contributed by atoms with E-state index in [9.17, 15) is 10.1 Å². The lowest BCUT2D eigenvalue weighted by Crippen LogP contribution is -2.52. The van der Waals surface area contributed by atoms with Crippen molar-refractivity contribution in [2.24, 2.45) is 0 Å². The van der Waals surface area contributed by atoms with Gasteiger partial charge in [-0.1, -0.05) is 24.3 Å². The van der Waals surface area contributed by atoms with E-state index in [-0.39, 0.29) is 12.0 Å². The predicted octanol–water partition coefficient (Wildman–Crippen LogP) is 2.97. The van der Waals surface area contributed by atoms with Gasteiger partial charge in [0.05, 0.1) is 23.9 Å². The van der Waals surface area contributed by atoms with E-state index in [1.807, 2.05) is 12.1 Å². The number of ether oxygens (including phenoxy) is 2. The maximum Gasteiger partial charge on any atom is 0.248 e. The molecule has 9 nitrogen and oxygen atoms in total. The summed E-state index contributed by atoms with van der Waals surface area (Å²) in [5.74, 6) is 0.871. The lowest BCUT2D eigenvalue weighted by atomic mass is 10.00. The molecule has 9 heteroatoms. The van der Waals surface area contributed by atoms with E-state index < -0.39 is 6.61 Å². The Hall–Kier alpha value is -3.84. The summed E-state index contributed by atoms with van der Waals surface area (Å²) in [5, 5.41) is 18.8. The second-order valence-corrected chi connectivity index (χ2v) is 10.1. The van der Waals surface area contributed by atoms with Crippen LogP contribution in [0, 0.1) is 11.3 Å². The van der Waals surface area contributed by atoms with Crippen LogP contribution in [0.5, 0.6) is 5.75 Å². The van der Waals surface area contributed by atoms with Crippen LogP contribution in [0.3, 0.4) is 0 Å². The largest absolute Gasteiger partial charge is 0.487 e. The van der Waals surface area contributed by atoms with E-state index in [4.69, 9.17) is 19.6 Å². The highest BCUT2D eigenvalue weighted by Gasteiger charge is 2.31. The molecule has 3 heterocycles. The zero-order valence-electron chi connectivity index (χ0n) is 22.3. The first-order valence-corrected chi connectivity index (χ1v) is 13.2. The van der Waals surface area contributed by atoms with Gasteiger partial charge in [-0.2, -0.15) is 5.26 Å². The third-order valence-electron chi connectivity index (χ3n) is 7.61. The number of carbonyl (C=O) groups excluding carboxylic acids is 1. The van der Waals surface area contributed by atoms with Crippen LogP contribution in [0.15, 0.2) is 54.7 Å². The number of aliphatic hydroxyl groups excluding tert-OH is 1. The van der Waals surface area contributed by atoms with Crippen LogP contribution in [-0.2, 0) is 16.0 Å². The molecule has 2 aliphatic rings. The fourth-order valence-corrected chi connectivity index (χ4v) is 5.10. The van der Waals surface area contributed by atoms with Gasteiger partial charge in [-0.15, -0.1) is 0 Å². The topological polar surface area (TPSA) is 112 Å². The smallest absolute Gasteiger partial charge is 0.248 e. The van der Waals surface area contributed by atoms with Crippen molar-refractivity contribution in [3.05, 3.63) is 77.2 Å². The SMILES string of the molecule is COC1CN(C(C)c2ccc(Cc3nccc(-c4ccc(O[C@@H]5CCN(C(=O)CO)C5)c(C#N)c4)n3)cc2)C1. The number of amides is 1. The summed E-state index contributed by atoms with van der Waals surface area (Å²) in [5.41, 5.74) is 4.36. The van der Waals surface area contributed by atoms with E-state index in [1.165, 1.54) is 5.56 Å². The van der Waals surface area contributed by atoms with Gasteiger partial charge in [-0.3, -0.25) is 9.69 Å². The summed E-state index contributed by atoms with van der Waals surface area (Å²) in [6.45, 7) is 4.57. The summed E-state index contributed by atoms with van der Waals surface area (Å²) in [6.07, 6.45) is 3.12. The van der Waals surface area contributed by atoms with Crippen molar-refractivity contribution in [2.75, 3.05) is 39.9 Å². The molecule has 2 aliphatic heterocycles. The zero-order valence-corrected chi connectivity index (χ0v) is 22.3. The summed E-state index contributed by atoms with van der Waals surface area (Å²) in [6, 6.07) is 18.4. The minimum Gasteiger partial charge on any atom is -0.487 e. The average Bonchev–Trinajstić information content (AvgIpc) is 3.41. The van der Waals surface area contributed by atoms with Crippen molar-refractivity contribution in [3.8, 4) is 23.1 Å². The molecule has 0 spiro atoms. The fourth-order valence-electron chi connectivity index (χ4n) is 5.10. The first-order chi connectivity index (χ1) is 19.0. The molecular formula is C30H33N5O4. The second kappa shape index (κ2) is 11.9. The Balaban J connectivity index is 1.24. The monoisotopic (exact) mass is 527 g/mol. The van der Waals surface area contributed by atoms with Gasteiger partial charge < -0.3 is 19.5 Å². The van der Waals surface area contributed by atoms with E-state index in [0.29, 0.717) is 55.2 Å². The van der Waals surface area contributed by atoms with Crippen molar-refractivity contribution in [1.29, 1.82) is 5.26 Å². The summed E-state index contributed by atoms with van der Waals surface area (Å²) < 4.78 is 11.4. The highest BCUT2D eigenvalue weighted by molar-refractivity contribution is 5.77. The van der Waals surface area contributed by atoms with Crippen molar-refractivity contribution in [1.82, 2.24) is 19.8 Å². The van der Waals surface area contributed by atoms with Crippen LogP contribution in [-0.4, -0.2) is 82.9 Å². The highest BCUT2D eigenvalue weighted by atomic mass is 16.5. The number of aliphatic hydroxyl groups is 1. The number of aromatic nitrogens is 2. The first-order valence-electron chi connectivity index (χ1n) is 13.2. The molecule has 2 aromatic carbocycles. The van der Waals surface area contributed by atoms with Gasteiger partial charge in [0.25, 0.3) is 0 Å². The number of hydrogen-bond donors (Lipinski definition) is 1. The number of likely N-dealkylation sites (tertiary alicyclic amines) is 2. The molecule has 2 atom stereocenters. The van der Waals surface area contributed by atoms with Crippen molar-refractivity contribution >= 4 is 5.91 Å². The van der Waals surface area contributed by atoms with Crippen LogP contribution in [0.4, 0.5) is 0 Å².